The number of carboxylic acids is 1. The van der Waals surface area contributed by atoms with Crippen molar-refractivity contribution < 1.29 is 24.2 Å². The molecule has 1 aromatic carbocycles. The third-order valence-corrected chi connectivity index (χ3v) is 3.66. The zero-order chi connectivity index (χ0) is 16.1. The Morgan fingerprint density at radius 3 is 2.82 bits per heavy atom. The molecule has 1 N–H and O–H groups in total. The number of hydrogen-bond donors (Lipinski definition) is 1. The first-order valence-electron chi connectivity index (χ1n) is 7.36. The van der Waals surface area contributed by atoms with Crippen LogP contribution in [-0.2, 0) is 16.1 Å². The molecule has 0 aliphatic carbocycles. The zero-order valence-electron chi connectivity index (χ0n) is 12.9. The number of carboxylic acid groups (broad SMARTS) is 1. The molecule has 6 heteroatoms. The largest absolute Gasteiger partial charge is 0.493 e. The van der Waals surface area contributed by atoms with Gasteiger partial charge in [-0.1, -0.05) is 19.1 Å². The first-order valence-corrected chi connectivity index (χ1v) is 7.36. The molecule has 0 spiro atoms. The summed E-state index contributed by atoms with van der Waals surface area (Å²) in [5.74, 6) is -0.454. The van der Waals surface area contributed by atoms with E-state index in [1.807, 2.05) is 19.1 Å². The Bertz CT molecular complexity index is 557. The van der Waals surface area contributed by atoms with Crippen molar-refractivity contribution in [3.05, 3.63) is 23.8 Å². The summed E-state index contributed by atoms with van der Waals surface area (Å²) in [5, 5.41) is 9.04. The van der Waals surface area contributed by atoms with Gasteiger partial charge in [-0.15, -0.1) is 0 Å². The summed E-state index contributed by atoms with van der Waals surface area (Å²) < 4.78 is 11.1. The van der Waals surface area contributed by atoms with Gasteiger partial charge in [0.25, 0.3) is 0 Å². The van der Waals surface area contributed by atoms with Crippen molar-refractivity contribution in [2.24, 2.45) is 5.92 Å². The van der Waals surface area contributed by atoms with E-state index in [1.54, 1.807) is 18.1 Å². The minimum Gasteiger partial charge on any atom is -0.493 e. The summed E-state index contributed by atoms with van der Waals surface area (Å²) >= 11 is 0. The maximum atomic E-state index is 12.0. The minimum absolute atomic E-state index is 0.0600. The molecule has 1 aliphatic heterocycles. The van der Waals surface area contributed by atoms with Crippen LogP contribution in [0.25, 0.3) is 0 Å². The molecule has 22 heavy (non-hydrogen) atoms. The van der Waals surface area contributed by atoms with Gasteiger partial charge in [0.1, 0.15) is 0 Å². The summed E-state index contributed by atoms with van der Waals surface area (Å²) in [6.45, 7) is 3.13. The van der Waals surface area contributed by atoms with E-state index >= 15 is 0 Å². The van der Waals surface area contributed by atoms with Gasteiger partial charge in [-0.2, -0.15) is 0 Å². The van der Waals surface area contributed by atoms with Crippen LogP contribution in [0.5, 0.6) is 11.5 Å². The Labute approximate surface area is 129 Å². The van der Waals surface area contributed by atoms with Crippen LogP contribution in [0.3, 0.4) is 0 Å². The van der Waals surface area contributed by atoms with Gasteiger partial charge in [0.05, 0.1) is 19.6 Å². The van der Waals surface area contributed by atoms with Gasteiger partial charge < -0.3 is 19.5 Å². The van der Waals surface area contributed by atoms with Gasteiger partial charge in [0.15, 0.2) is 11.5 Å². The van der Waals surface area contributed by atoms with Gasteiger partial charge in [-0.3, -0.25) is 9.59 Å². The van der Waals surface area contributed by atoms with Crippen LogP contribution in [0.15, 0.2) is 18.2 Å². The van der Waals surface area contributed by atoms with Gasteiger partial charge in [-0.05, 0) is 12.5 Å². The van der Waals surface area contributed by atoms with Crippen molar-refractivity contribution in [2.45, 2.75) is 26.3 Å². The topological polar surface area (TPSA) is 76.1 Å². The van der Waals surface area contributed by atoms with Crippen molar-refractivity contribution in [2.75, 3.05) is 20.3 Å². The van der Waals surface area contributed by atoms with Crippen LogP contribution < -0.4 is 9.47 Å². The van der Waals surface area contributed by atoms with Crippen molar-refractivity contribution in [3.8, 4) is 11.5 Å². The van der Waals surface area contributed by atoms with Crippen LogP contribution in [-0.4, -0.2) is 42.1 Å². The summed E-state index contributed by atoms with van der Waals surface area (Å²) in [6, 6.07) is 5.51. The number of carbonyl (C=O) groups excluding carboxylic acids is 1. The molecule has 1 amide bonds. The SMILES string of the molecule is CCCOc1c(CN2C[C@@H](C(=O)O)CC2=O)cccc1OC. The van der Waals surface area contributed by atoms with E-state index in [2.05, 4.69) is 0 Å². The molecule has 1 heterocycles. The summed E-state index contributed by atoms with van der Waals surface area (Å²) in [5.41, 5.74) is 0.826. The molecule has 0 aromatic heterocycles. The number of likely N-dealkylation sites (tertiary alicyclic amines) is 1. The molecule has 2 rings (SSSR count). The highest BCUT2D eigenvalue weighted by atomic mass is 16.5. The van der Waals surface area contributed by atoms with E-state index < -0.39 is 11.9 Å². The molecular formula is C16H21NO5. The molecule has 1 atom stereocenters. The maximum Gasteiger partial charge on any atom is 0.308 e. The second kappa shape index (κ2) is 7.15. The number of para-hydroxylation sites is 1. The number of hydrogen-bond acceptors (Lipinski definition) is 4. The van der Waals surface area contributed by atoms with E-state index in [0.29, 0.717) is 24.7 Å². The van der Waals surface area contributed by atoms with Crippen molar-refractivity contribution >= 4 is 11.9 Å². The molecule has 0 unspecified atom stereocenters. The Hall–Kier alpha value is -2.24. The van der Waals surface area contributed by atoms with Crippen LogP contribution in [0.4, 0.5) is 0 Å². The summed E-state index contributed by atoms with van der Waals surface area (Å²) in [6.07, 6.45) is 0.922. The number of benzene rings is 1. The second-order valence-corrected chi connectivity index (χ2v) is 5.31. The molecule has 1 saturated heterocycles. The number of methoxy groups -OCH3 is 1. The summed E-state index contributed by atoms with van der Waals surface area (Å²) in [7, 11) is 1.57. The van der Waals surface area contributed by atoms with Crippen LogP contribution in [0.1, 0.15) is 25.3 Å². The van der Waals surface area contributed by atoms with E-state index in [1.165, 1.54) is 0 Å². The number of amides is 1. The monoisotopic (exact) mass is 307 g/mol. The van der Waals surface area contributed by atoms with Gasteiger partial charge in [-0.25, -0.2) is 0 Å². The average Bonchev–Trinajstić information content (AvgIpc) is 2.87. The molecular weight excluding hydrogens is 286 g/mol. The molecule has 0 bridgehead atoms. The Kier molecular flexibility index (Phi) is 5.25. The highest BCUT2D eigenvalue weighted by Crippen LogP contribution is 2.33. The number of carbonyl (C=O) groups is 2. The lowest BCUT2D eigenvalue weighted by Gasteiger charge is -2.20. The lowest BCUT2D eigenvalue weighted by molar-refractivity contribution is -0.141. The van der Waals surface area contributed by atoms with Gasteiger partial charge in [0.2, 0.25) is 5.91 Å². The van der Waals surface area contributed by atoms with Crippen molar-refractivity contribution in [3.63, 3.8) is 0 Å². The van der Waals surface area contributed by atoms with E-state index in [-0.39, 0.29) is 18.9 Å². The van der Waals surface area contributed by atoms with E-state index in [0.717, 1.165) is 12.0 Å². The number of rotatable bonds is 7. The number of aliphatic carboxylic acids is 1. The van der Waals surface area contributed by atoms with Gasteiger partial charge in [0, 0.05) is 25.1 Å². The number of ether oxygens (including phenoxy) is 2. The third kappa shape index (κ3) is 3.50. The van der Waals surface area contributed by atoms with Crippen LogP contribution >= 0.6 is 0 Å². The normalized spacial score (nSPS) is 17.6. The quantitative estimate of drug-likeness (QED) is 0.833. The fraction of sp³-hybridized carbons (Fsp3) is 0.500. The predicted molar refractivity (Wildman–Crippen MR) is 79.9 cm³/mol. The first kappa shape index (κ1) is 16.1. The molecule has 0 saturated carbocycles. The van der Waals surface area contributed by atoms with Gasteiger partial charge >= 0.3 is 5.97 Å². The Morgan fingerprint density at radius 1 is 1.45 bits per heavy atom. The van der Waals surface area contributed by atoms with Crippen LogP contribution in [0, 0.1) is 5.92 Å². The maximum absolute atomic E-state index is 12.0. The number of nitrogens with zero attached hydrogens (tertiary/aromatic N) is 1. The van der Waals surface area contributed by atoms with Crippen molar-refractivity contribution in [1.82, 2.24) is 4.90 Å². The summed E-state index contributed by atoms with van der Waals surface area (Å²) in [4.78, 5) is 24.6. The fourth-order valence-electron chi connectivity index (χ4n) is 2.51. The predicted octanol–water partition coefficient (Wildman–Crippen LogP) is 1.92. The molecule has 6 nitrogen and oxygen atoms in total. The average molecular weight is 307 g/mol. The molecule has 1 aromatic rings. The Balaban J connectivity index is 2.18. The van der Waals surface area contributed by atoms with E-state index in [4.69, 9.17) is 14.6 Å². The van der Waals surface area contributed by atoms with Crippen molar-refractivity contribution in [1.29, 1.82) is 0 Å². The highest BCUT2D eigenvalue weighted by molar-refractivity contribution is 5.86. The second-order valence-electron chi connectivity index (χ2n) is 5.31. The highest BCUT2D eigenvalue weighted by Gasteiger charge is 2.34. The molecule has 1 fully saturated rings. The Morgan fingerprint density at radius 2 is 2.23 bits per heavy atom. The molecule has 1 aliphatic rings. The minimum atomic E-state index is -0.927. The third-order valence-electron chi connectivity index (χ3n) is 3.66. The molecule has 0 radical (unpaired) electrons. The standard InChI is InChI=1S/C16H21NO5/c1-3-7-22-15-11(5-4-6-13(15)21-2)9-17-10-12(16(19)20)8-14(17)18/h4-6,12H,3,7-10H2,1-2H3,(H,19,20)/t12-/m0/s1. The van der Waals surface area contributed by atoms with Crippen LogP contribution in [0.2, 0.25) is 0 Å². The fourth-order valence-corrected chi connectivity index (χ4v) is 2.51. The molecule has 120 valence electrons. The lowest BCUT2D eigenvalue weighted by Crippen LogP contribution is -2.26. The zero-order valence-corrected chi connectivity index (χ0v) is 12.9. The smallest absolute Gasteiger partial charge is 0.308 e. The lowest BCUT2D eigenvalue weighted by atomic mass is 10.1. The van der Waals surface area contributed by atoms with E-state index in [9.17, 15) is 9.59 Å². The first-order chi connectivity index (χ1) is 10.6.